The van der Waals surface area contributed by atoms with Crippen LogP contribution in [0.1, 0.15) is 43.9 Å². The van der Waals surface area contributed by atoms with Crippen LogP contribution in [0.4, 0.5) is 13.2 Å². The Balaban J connectivity index is 3.02. The van der Waals surface area contributed by atoms with Crippen LogP contribution in [-0.4, -0.2) is 11.5 Å². The van der Waals surface area contributed by atoms with Crippen molar-refractivity contribution in [2.45, 2.75) is 38.9 Å². The van der Waals surface area contributed by atoms with Crippen molar-refractivity contribution < 1.29 is 13.2 Å². The highest BCUT2D eigenvalue weighted by atomic mass is 19.4. The van der Waals surface area contributed by atoms with Gasteiger partial charge in [-0.25, -0.2) is 0 Å². The average molecular weight is 246 g/mol. The van der Waals surface area contributed by atoms with Gasteiger partial charge in [0.05, 0.1) is 5.56 Å². The van der Waals surface area contributed by atoms with E-state index >= 15 is 0 Å². The molecule has 1 heterocycles. The Morgan fingerprint density at radius 2 is 2.06 bits per heavy atom. The normalized spacial score (nSPS) is 13.7. The summed E-state index contributed by atoms with van der Waals surface area (Å²) in [7, 11) is 0. The Morgan fingerprint density at radius 1 is 1.35 bits per heavy atom. The molecule has 0 aromatic carbocycles. The lowest BCUT2D eigenvalue weighted by Crippen LogP contribution is -2.24. The van der Waals surface area contributed by atoms with Gasteiger partial charge >= 0.3 is 6.18 Å². The highest BCUT2D eigenvalue weighted by Crippen LogP contribution is 2.34. The summed E-state index contributed by atoms with van der Waals surface area (Å²) in [6.45, 7) is 4.54. The van der Waals surface area contributed by atoms with Crippen LogP contribution in [0, 0.1) is 0 Å². The second-order valence-electron chi connectivity index (χ2n) is 3.88. The molecule has 0 radical (unpaired) electrons. The van der Waals surface area contributed by atoms with Crippen LogP contribution in [0.5, 0.6) is 0 Å². The van der Waals surface area contributed by atoms with Crippen LogP contribution in [0.3, 0.4) is 0 Å². The van der Waals surface area contributed by atoms with E-state index in [1.807, 2.05) is 13.8 Å². The number of pyridine rings is 1. The van der Waals surface area contributed by atoms with Crippen LogP contribution < -0.4 is 5.32 Å². The number of nitrogens with zero attached hydrogens (tertiary/aromatic N) is 1. The van der Waals surface area contributed by atoms with E-state index in [9.17, 15) is 13.2 Å². The monoisotopic (exact) mass is 246 g/mol. The number of aromatic nitrogens is 1. The van der Waals surface area contributed by atoms with E-state index in [-0.39, 0.29) is 11.6 Å². The maximum atomic E-state index is 12.8. The maximum Gasteiger partial charge on any atom is 0.416 e. The first-order valence-corrected chi connectivity index (χ1v) is 5.75. The third-order valence-electron chi connectivity index (χ3n) is 2.58. The third-order valence-corrected chi connectivity index (χ3v) is 2.58. The molecule has 1 atom stereocenters. The van der Waals surface area contributed by atoms with Crippen molar-refractivity contribution in [3.05, 3.63) is 29.6 Å². The molecule has 0 saturated carbocycles. The smallest absolute Gasteiger partial charge is 0.310 e. The van der Waals surface area contributed by atoms with E-state index in [1.54, 1.807) is 0 Å². The summed E-state index contributed by atoms with van der Waals surface area (Å²) in [5.41, 5.74) is -0.362. The van der Waals surface area contributed by atoms with Gasteiger partial charge in [0.25, 0.3) is 0 Å². The van der Waals surface area contributed by atoms with Gasteiger partial charge in [-0.05, 0) is 31.0 Å². The van der Waals surface area contributed by atoms with Crippen molar-refractivity contribution in [2.24, 2.45) is 0 Å². The van der Waals surface area contributed by atoms with Gasteiger partial charge < -0.3 is 5.32 Å². The van der Waals surface area contributed by atoms with Crippen molar-refractivity contribution in [1.29, 1.82) is 0 Å². The SMILES string of the molecule is CCCNC(CC)c1cnccc1C(F)(F)F. The molecule has 17 heavy (non-hydrogen) atoms. The predicted octanol–water partition coefficient (Wildman–Crippen LogP) is 3.55. The molecule has 96 valence electrons. The number of hydrogen-bond donors (Lipinski definition) is 1. The lowest BCUT2D eigenvalue weighted by molar-refractivity contribution is -0.138. The minimum atomic E-state index is -4.32. The molecule has 1 aromatic heterocycles. The summed E-state index contributed by atoms with van der Waals surface area (Å²) < 4.78 is 38.4. The number of nitrogens with one attached hydrogen (secondary N) is 1. The van der Waals surface area contributed by atoms with Crippen LogP contribution in [-0.2, 0) is 6.18 Å². The number of halogens is 3. The van der Waals surface area contributed by atoms with Gasteiger partial charge in [-0.3, -0.25) is 4.98 Å². The second-order valence-corrected chi connectivity index (χ2v) is 3.88. The van der Waals surface area contributed by atoms with Gasteiger partial charge in [0.15, 0.2) is 0 Å². The van der Waals surface area contributed by atoms with Crippen molar-refractivity contribution in [2.75, 3.05) is 6.54 Å². The first kappa shape index (κ1) is 14.0. The number of hydrogen-bond acceptors (Lipinski definition) is 2. The Labute approximate surface area is 99.3 Å². The molecule has 0 aliphatic rings. The van der Waals surface area contributed by atoms with E-state index in [0.717, 1.165) is 12.5 Å². The molecule has 1 rings (SSSR count). The summed E-state index contributed by atoms with van der Waals surface area (Å²) in [5.74, 6) is 0. The number of rotatable bonds is 5. The molecule has 0 bridgehead atoms. The largest absolute Gasteiger partial charge is 0.416 e. The molecule has 1 N–H and O–H groups in total. The Kier molecular flexibility index (Phi) is 4.93. The molecule has 1 aromatic rings. The van der Waals surface area contributed by atoms with Gasteiger partial charge in [-0.2, -0.15) is 13.2 Å². The van der Waals surface area contributed by atoms with E-state index in [4.69, 9.17) is 0 Å². The zero-order valence-corrected chi connectivity index (χ0v) is 10.0. The maximum absolute atomic E-state index is 12.8. The van der Waals surface area contributed by atoms with Crippen molar-refractivity contribution >= 4 is 0 Å². The Bertz CT molecular complexity index is 350. The van der Waals surface area contributed by atoms with Crippen molar-refractivity contribution in [3.63, 3.8) is 0 Å². The molecule has 2 nitrogen and oxygen atoms in total. The standard InChI is InChI=1S/C12H17F3N2/c1-3-6-17-11(4-2)9-8-16-7-5-10(9)12(13,14)15/h5,7-8,11,17H,3-4,6H2,1-2H3. The van der Waals surface area contributed by atoms with Gasteiger partial charge in [0.2, 0.25) is 0 Å². The molecular weight excluding hydrogens is 229 g/mol. The van der Waals surface area contributed by atoms with Gasteiger partial charge in [-0.1, -0.05) is 13.8 Å². The summed E-state index contributed by atoms with van der Waals surface area (Å²) in [4.78, 5) is 3.80. The Morgan fingerprint density at radius 3 is 2.59 bits per heavy atom. The van der Waals surface area contributed by atoms with Gasteiger partial charge in [0.1, 0.15) is 0 Å². The second kappa shape index (κ2) is 6.00. The molecule has 0 aliphatic carbocycles. The highest BCUT2D eigenvalue weighted by molar-refractivity contribution is 5.29. The van der Waals surface area contributed by atoms with E-state index in [1.165, 1.54) is 12.4 Å². The van der Waals surface area contributed by atoms with Gasteiger partial charge in [-0.15, -0.1) is 0 Å². The zero-order chi connectivity index (χ0) is 12.9. The fourth-order valence-electron chi connectivity index (χ4n) is 1.74. The summed E-state index contributed by atoms with van der Waals surface area (Å²) >= 11 is 0. The first-order chi connectivity index (χ1) is 8.00. The topological polar surface area (TPSA) is 24.9 Å². The molecule has 5 heteroatoms. The van der Waals surface area contributed by atoms with E-state index < -0.39 is 11.7 Å². The minimum Gasteiger partial charge on any atom is -0.310 e. The third kappa shape index (κ3) is 3.70. The van der Waals surface area contributed by atoms with Gasteiger partial charge in [0, 0.05) is 18.4 Å². The highest BCUT2D eigenvalue weighted by Gasteiger charge is 2.34. The van der Waals surface area contributed by atoms with E-state index in [0.29, 0.717) is 13.0 Å². The molecule has 0 fully saturated rings. The molecule has 0 aliphatic heterocycles. The summed E-state index contributed by atoms with van der Waals surface area (Å²) in [5, 5.41) is 3.11. The number of alkyl halides is 3. The average Bonchev–Trinajstić information content (AvgIpc) is 2.29. The fraction of sp³-hybridized carbons (Fsp3) is 0.583. The van der Waals surface area contributed by atoms with Crippen LogP contribution in [0.25, 0.3) is 0 Å². The summed E-state index contributed by atoms with van der Waals surface area (Å²) in [6.07, 6.45) is -0.342. The predicted molar refractivity (Wildman–Crippen MR) is 60.6 cm³/mol. The quantitative estimate of drug-likeness (QED) is 0.859. The lowest BCUT2D eigenvalue weighted by Gasteiger charge is -2.21. The van der Waals surface area contributed by atoms with Crippen molar-refractivity contribution in [1.82, 2.24) is 10.3 Å². The Hall–Kier alpha value is -1.10. The van der Waals surface area contributed by atoms with Crippen molar-refractivity contribution in [3.8, 4) is 0 Å². The zero-order valence-electron chi connectivity index (χ0n) is 10.0. The molecular formula is C12H17F3N2. The molecule has 0 saturated heterocycles. The van der Waals surface area contributed by atoms with Crippen LogP contribution in [0.15, 0.2) is 18.5 Å². The van der Waals surface area contributed by atoms with Crippen LogP contribution in [0.2, 0.25) is 0 Å². The van der Waals surface area contributed by atoms with Crippen LogP contribution >= 0.6 is 0 Å². The minimum absolute atomic E-state index is 0.232. The van der Waals surface area contributed by atoms with E-state index in [2.05, 4.69) is 10.3 Å². The fourth-order valence-corrected chi connectivity index (χ4v) is 1.74. The molecule has 0 amide bonds. The summed E-state index contributed by atoms with van der Waals surface area (Å²) in [6, 6.07) is 0.742. The molecule has 0 spiro atoms. The molecule has 1 unspecified atom stereocenters. The lowest BCUT2D eigenvalue weighted by atomic mass is 10.0. The first-order valence-electron chi connectivity index (χ1n) is 5.75.